The zero-order valence-corrected chi connectivity index (χ0v) is 11.1. The number of nitrogens with two attached hydrogens (primary N) is 1. The van der Waals surface area contributed by atoms with E-state index in [1.54, 1.807) is 0 Å². The summed E-state index contributed by atoms with van der Waals surface area (Å²) < 4.78 is 58.5. The lowest BCUT2D eigenvalue weighted by atomic mass is 9.94. The summed E-state index contributed by atoms with van der Waals surface area (Å²) in [7, 11) is 1.21. The first-order valence-electron chi connectivity index (χ1n) is 6.45. The molecule has 7 heteroatoms. The Morgan fingerprint density at radius 1 is 1.19 bits per heavy atom. The molecule has 1 aromatic carbocycles. The van der Waals surface area contributed by atoms with Gasteiger partial charge in [0, 0.05) is 18.4 Å². The first-order valence-corrected chi connectivity index (χ1v) is 6.45. The number of methoxy groups -OCH3 is 1. The molecule has 21 heavy (non-hydrogen) atoms. The molecule has 0 aromatic heterocycles. The van der Waals surface area contributed by atoms with Crippen LogP contribution in [0.4, 0.5) is 17.6 Å². The Morgan fingerprint density at radius 3 is 2.10 bits per heavy atom. The molecule has 3 rings (SSSR count). The molecule has 2 N–H and O–H groups in total. The van der Waals surface area contributed by atoms with Crippen LogP contribution in [0, 0.1) is 0 Å². The van der Waals surface area contributed by atoms with Crippen molar-refractivity contribution in [2.45, 2.75) is 36.5 Å². The van der Waals surface area contributed by atoms with Crippen molar-refractivity contribution in [3.8, 4) is 5.75 Å². The van der Waals surface area contributed by atoms with E-state index in [0.717, 1.165) is 0 Å². The minimum Gasteiger partial charge on any atom is -0.496 e. The monoisotopic (exact) mass is 303 g/mol. The van der Waals surface area contributed by atoms with Gasteiger partial charge >= 0.3 is 0 Å². The highest BCUT2D eigenvalue weighted by Crippen LogP contribution is 2.64. The minimum atomic E-state index is -2.96. The highest BCUT2D eigenvalue weighted by atomic mass is 19.3. The van der Waals surface area contributed by atoms with Gasteiger partial charge in [-0.15, -0.1) is 0 Å². The highest BCUT2D eigenvalue weighted by molar-refractivity contribution is 5.96. The number of ether oxygens (including phenoxy) is 1. The fourth-order valence-corrected chi connectivity index (χ4v) is 2.77. The molecule has 2 aliphatic carbocycles. The van der Waals surface area contributed by atoms with Gasteiger partial charge in [0.25, 0.3) is 17.8 Å². The lowest BCUT2D eigenvalue weighted by Crippen LogP contribution is -2.15. The van der Waals surface area contributed by atoms with Gasteiger partial charge in [-0.1, -0.05) is 6.07 Å². The number of rotatable bonds is 4. The van der Waals surface area contributed by atoms with Gasteiger partial charge in [0.1, 0.15) is 5.75 Å². The van der Waals surface area contributed by atoms with Crippen molar-refractivity contribution in [3.63, 3.8) is 0 Å². The van der Waals surface area contributed by atoms with Gasteiger partial charge in [-0.05, 0) is 11.6 Å². The van der Waals surface area contributed by atoms with Gasteiger partial charge in [-0.3, -0.25) is 4.79 Å². The van der Waals surface area contributed by atoms with Crippen LogP contribution in [0.25, 0.3) is 0 Å². The molecule has 3 nitrogen and oxygen atoms in total. The van der Waals surface area contributed by atoms with Crippen LogP contribution in [0.1, 0.15) is 46.2 Å². The van der Waals surface area contributed by atoms with E-state index in [2.05, 4.69) is 0 Å². The number of benzene rings is 1. The van der Waals surface area contributed by atoms with Crippen molar-refractivity contribution < 1.29 is 27.1 Å². The smallest absolute Gasteiger partial charge is 0.256 e. The van der Waals surface area contributed by atoms with Crippen molar-refractivity contribution >= 4 is 5.91 Å². The van der Waals surface area contributed by atoms with Crippen molar-refractivity contribution in [1.82, 2.24) is 0 Å². The number of halogens is 4. The van der Waals surface area contributed by atoms with Crippen LogP contribution in [0.5, 0.6) is 5.75 Å². The average molecular weight is 303 g/mol. The van der Waals surface area contributed by atoms with Gasteiger partial charge in [-0.25, -0.2) is 17.6 Å². The Bertz CT molecular complexity index is 630. The van der Waals surface area contributed by atoms with Crippen LogP contribution in [-0.2, 0) is 0 Å². The number of carbonyl (C=O) groups excluding carboxylic acids is 1. The summed E-state index contributed by atoms with van der Waals surface area (Å²) in [4.78, 5) is 11.4. The number of alkyl halides is 4. The summed E-state index contributed by atoms with van der Waals surface area (Å²) in [5, 5.41) is 0. The summed E-state index contributed by atoms with van der Waals surface area (Å²) in [5.41, 5.74) is 5.25. The van der Waals surface area contributed by atoms with Crippen LogP contribution >= 0.6 is 0 Å². The van der Waals surface area contributed by atoms with E-state index in [9.17, 15) is 22.4 Å². The number of carbonyl (C=O) groups is 1. The van der Waals surface area contributed by atoms with Crippen molar-refractivity contribution in [1.29, 1.82) is 0 Å². The maximum Gasteiger partial charge on any atom is 0.256 e. The van der Waals surface area contributed by atoms with Gasteiger partial charge in [0.05, 0.1) is 24.5 Å². The standard InChI is InChI=1S/C14H13F4NO2/c1-21-11-7(12(19)20)3-2-6(8-4-13(8,15)16)10(11)9-5-14(9,17)18/h2-3,8-9H,4-5H2,1H3,(H2,19,20). The first kappa shape index (κ1) is 14.2. The SMILES string of the molecule is COc1c(C(N)=O)ccc(C2CC2(F)F)c1C1CC1(F)F. The molecule has 0 radical (unpaired) electrons. The average Bonchev–Trinajstić information content (AvgIpc) is 3.22. The topological polar surface area (TPSA) is 52.3 Å². The molecule has 0 saturated heterocycles. The maximum absolute atomic E-state index is 13.4. The fourth-order valence-electron chi connectivity index (χ4n) is 2.77. The number of primary amides is 1. The van der Waals surface area contributed by atoms with Crippen LogP contribution in [-0.4, -0.2) is 24.9 Å². The molecule has 1 aromatic rings. The van der Waals surface area contributed by atoms with E-state index < -0.39 is 36.0 Å². The van der Waals surface area contributed by atoms with Gasteiger partial charge in [-0.2, -0.15) is 0 Å². The second-order valence-electron chi connectivity index (χ2n) is 5.55. The summed E-state index contributed by atoms with van der Waals surface area (Å²) >= 11 is 0. The van der Waals surface area contributed by atoms with Crippen molar-refractivity contribution in [2.75, 3.05) is 7.11 Å². The number of amides is 1. The zero-order valence-electron chi connectivity index (χ0n) is 11.1. The lowest BCUT2D eigenvalue weighted by molar-refractivity contribution is 0.0994. The predicted molar refractivity (Wildman–Crippen MR) is 66.1 cm³/mol. The summed E-state index contributed by atoms with van der Waals surface area (Å²) in [6, 6.07) is 2.55. The molecule has 2 unspecified atom stereocenters. The molecule has 0 spiro atoms. The van der Waals surface area contributed by atoms with Gasteiger partial charge in [0.15, 0.2) is 0 Å². The lowest BCUT2D eigenvalue weighted by Gasteiger charge is -2.16. The van der Waals surface area contributed by atoms with E-state index in [1.165, 1.54) is 19.2 Å². The zero-order chi connectivity index (χ0) is 15.6. The molecule has 0 bridgehead atoms. The number of hydrogen-bond donors (Lipinski definition) is 1. The summed E-state index contributed by atoms with van der Waals surface area (Å²) in [6.07, 6.45) is -0.811. The molecular weight excluding hydrogens is 290 g/mol. The van der Waals surface area contributed by atoms with Crippen LogP contribution < -0.4 is 10.5 Å². The normalized spacial score (nSPS) is 28.0. The molecule has 0 aliphatic heterocycles. The summed E-state index contributed by atoms with van der Waals surface area (Å²) in [5.74, 6) is -9.09. The highest BCUT2D eigenvalue weighted by Gasteiger charge is 2.63. The quantitative estimate of drug-likeness (QED) is 0.869. The molecular formula is C14H13F4NO2. The molecule has 2 aliphatic rings. The predicted octanol–water partition coefficient (Wildman–Crippen LogP) is 3.04. The largest absolute Gasteiger partial charge is 0.496 e. The van der Waals surface area contributed by atoms with E-state index in [4.69, 9.17) is 10.5 Å². The molecule has 0 heterocycles. The van der Waals surface area contributed by atoms with Crippen LogP contribution in [0.3, 0.4) is 0 Å². The Morgan fingerprint density at radius 2 is 1.71 bits per heavy atom. The maximum atomic E-state index is 13.4. The first-order chi connectivity index (χ1) is 9.69. The Hall–Kier alpha value is -1.79. The molecule has 2 fully saturated rings. The Labute approximate surface area is 118 Å². The van der Waals surface area contributed by atoms with Crippen molar-refractivity contribution in [3.05, 3.63) is 28.8 Å². The van der Waals surface area contributed by atoms with E-state index in [0.29, 0.717) is 0 Å². The third-order valence-corrected chi connectivity index (χ3v) is 4.08. The third-order valence-electron chi connectivity index (χ3n) is 4.08. The van der Waals surface area contributed by atoms with Crippen LogP contribution in [0.2, 0.25) is 0 Å². The number of hydrogen-bond acceptors (Lipinski definition) is 2. The second kappa shape index (κ2) is 4.11. The fraction of sp³-hybridized carbons (Fsp3) is 0.500. The van der Waals surface area contributed by atoms with Gasteiger partial charge in [0.2, 0.25) is 0 Å². The Balaban J connectivity index is 2.15. The summed E-state index contributed by atoms with van der Waals surface area (Å²) in [6.45, 7) is 0. The minimum absolute atomic E-state index is 0.000903. The molecule has 1 amide bonds. The van der Waals surface area contributed by atoms with Crippen LogP contribution in [0.15, 0.2) is 12.1 Å². The second-order valence-corrected chi connectivity index (χ2v) is 5.55. The van der Waals surface area contributed by atoms with Gasteiger partial charge < -0.3 is 10.5 Å². The molecule has 2 saturated carbocycles. The third kappa shape index (κ3) is 2.15. The molecule has 2 atom stereocenters. The van der Waals surface area contributed by atoms with E-state index in [1.807, 2.05) is 0 Å². The molecule has 114 valence electrons. The van der Waals surface area contributed by atoms with E-state index in [-0.39, 0.29) is 28.9 Å². The van der Waals surface area contributed by atoms with Crippen molar-refractivity contribution in [2.24, 2.45) is 5.73 Å². The Kier molecular flexibility index (Phi) is 2.77. The van der Waals surface area contributed by atoms with E-state index >= 15 is 0 Å².